The molecule has 0 radical (unpaired) electrons. The van der Waals surface area contributed by atoms with E-state index in [9.17, 15) is 9.59 Å². The SMILES string of the molecule is CCC(=O)Nc1ccc(NC(=O)c2cc(C)n(Cc3cccs3)c2C)cc1. The maximum atomic E-state index is 12.7. The van der Waals surface area contributed by atoms with Crippen LogP contribution in [-0.4, -0.2) is 16.4 Å². The predicted molar refractivity (Wildman–Crippen MR) is 111 cm³/mol. The van der Waals surface area contributed by atoms with Gasteiger partial charge in [-0.05, 0) is 55.6 Å². The number of hydrogen-bond donors (Lipinski definition) is 2. The predicted octanol–water partition coefficient (Wildman–Crippen LogP) is 4.82. The first-order valence-corrected chi connectivity index (χ1v) is 9.76. The number of amides is 2. The van der Waals surface area contributed by atoms with Gasteiger partial charge in [0.1, 0.15) is 0 Å². The molecule has 3 rings (SSSR count). The zero-order chi connectivity index (χ0) is 19.4. The average molecular weight is 382 g/mol. The minimum atomic E-state index is -0.133. The van der Waals surface area contributed by atoms with Crippen molar-refractivity contribution in [3.8, 4) is 0 Å². The van der Waals surface area contributed by atoms with E-state index in [-0.39, 0.29) is 11.8 Å². The zero-order valence-corrected chi connectivity index (χ0v) is 16.5. The summed E-state index contributed by atoms with van der Waals surface area (Å²) in [6.45, 7) is 6.56. The monoisotopic (exact) mass is 381 g/mol. The van der Waals surface area contributed by atoms with Crippen LogP contribution in [0, 0.1) is 13.8 Å². The van der Waals surface area contributed by atoms with E-state index in [0.29, 0.717) is 23.4 Å². The Balaban J connectivity index is 1.72. The van der Waals surface area contributed by atoms with E-state index in [4.69, 9.17) is 0 Å². The van der Waals surface area contributed by atoms with Gasteiger partial charge < -0.3 is 15.2 Å². The van der Waals surface area contributed by atoms with E-state index in [1.807, 2.05) is 26.0 Å². The maximum Gasteiger partial charge on any atom is 0.257 e. The van der Waals surface area contributed by atoms with Crippen LogP contribution < -0.4 is 10.6 Å². The van der Waals surface area contributed by atoms with Crippen LogP contribution >= 0.6 is 11.3 Å². The van der Waals surface area contributed by atoms with Crippen molar-refractivity contribution in [3.05, 3.63) is 69.7 Å². The number of nitrogens with zero attached hydrogens (tertiary/aromatic N) is 1. The number of benzene rings is 1. The molecule has 0 unspecified atom stereocenters. The van der Waals surface area contributed by atoms with Crippen LogP contribution in [0.25, 0.3) is 0 Å². The molecular formula is C21H23N3O2S. The Labute approximate surface area is 163 Å². The molecule has 0 bridgehead atoms. The highest BCUT2D eigenvalue weighted by Crippen LogP contribution is 2.21. The van der Waals surface area contributed by atoms with Gasteiger partial charge in [0.25, 0.3) is 5.91 Å². The summed E-state index contributed by atoms with van der Waals surface area (Å²) in [7, 11) is 0. The van der Waals surface area contributed by atoms with Crippen LogP contribution in [0.1, 0.15) is 40.0 Å². The number of aryl methyl sites for hydroxylation is 1. The summed E-state index contributed by atoms with van der Waals surface area (Å²) in [4.78, 5) is 25.4. The van der Waals surface area contributed by atoms with E-state index in [2.05, 4.69) is 26.6 Å². The molecule has 2 heterocycles. The number of aromatic nitrogens is 1. The summed E-state index contributed by atoms with van der Waals surface area (Å²) in [6.07, 6.45) is 0.430. The van der Waals surface area contributed by atoms with Gasteiger partial charge in [0.2, 0.25) is 5.91 Å². The van der Waals surface area contributed by atoms with Gasteiger partial charge in [-0.3, -0.25) is 9.59 Å². The summed E-state index contributed by atoms with van der Waals surface area (Å²) < 4.78 is 2.16. The summed E-state index contributed by atoms with van der Waals surface area (Å²) in [6, 6.07) is 13.2. The summed E-state index contributed by atoms with van der Waals surface area (Å²) >= 11 is 1.71. The average Bonchev–Trinajstić information content (AvgIpc) is 3.27. The lowest BCUT2D eigenvalue weighted by atomic mass is 10.2. The van der Waals surface area contributed by atoms with Gasteiger partial charge in [-0.15, -0.1) is 11.3 Å². The minimum absolute atomic E-state index is 0.0371. The van der Waals surface area contributed by atoms with Gasteiger partial charge in [0.05, 0.1) is 12.1 Å². The zero-order valence-electron chi connectivity index (χ0n) is 15.7. The first-order chi connectivity index (χ1) is 13.0. The topological polar surface area (TPSA) is 63.1 Å². The number of hydrogen-bond acceptors (Lipinski definition) is 3. The first-order valence-electron chi connectivity index (χ1n) is 8.88. The van der Waals surface area contributed by atoms with Crippen molar-refractivity contribution in [2.75, 3.05) is 10.6 Å². The Hall–Kier alpha value is -2.86. The fraction of sp³-hybridized carbons (Fsp3) is 0.238. The van der Waals surface area contributed by atoms with E-state index in [1.165, 1.54) is 4.88 Å². The van der Waals surface area contributed by atoms with Gasteiger partial charge in [-0.25, -0.2) is 0 Å². The van der Waals surface area contributed by atoms with Gasteiger partial charge >= 0.3 is 0 Å². The van der Waals surface area contributed by atoms with Crippen LogP contribution in [0.4, 0.5) is 11.4 Å². The minimum Gasteiger partial charge on any atom is -0.343 e. The Morgan fingerprint density at radius 2 is 1.70 bits per heavy atom. The van der Waals surface area contributed by atoms with Crippen LogP contribution in [0.2, 0.25) is 0 Å². The number of thiophene rings is 1. The second-order valence-corrected chi connectivity index (χ2v) is 7.42. The molecule has 0 fully saturated rings. The number of carbonyl (C=O) groups is 2. The van der Waals surface area contributed by atoms with Crippen LogP contribution in [0.3, 0.4) is 0 Å². The fourth-order valence-corrected chi connectivity index (χ4v) is 3.61. The highest BCUT2D eigenvalue weighted by Gasteiger charge is 2.16. The molecule has 5 nitrogen and oxygen atoms in total. The van der Waals surface area contributed by atoms with Crippen LogP contribution in [0.5, 0.6) is 0 Å². The van der Waals surface area contributed by atoms with Gasteiger partial charge in [-0.2, -0.15) is 0 Å². The van der Waals surface area contributed by atoms with E-state index in [0.717, 1.165) is 17.9 Å². The van der Waals surface area contributed by atoms with Gasteiger partial charge in [0, 0.05) is 34.1 Å². The standard InChI is InChI=1S/C21H23N3O2S/c1-4-20(25)22-16-7-9-17(10-8-16)23-21(26)19-12-14(2)24(15(19)3)13-18-6-5-11-27-18/h5-12H,4,13H2,1-3H3,(H,22,25)(H,23,26). The molecule has 1 aromatic carbocycles. The van der Waals surface area contributed by atoms with Crippen molar-refractivity contribution in [1.82, 2.24) is 4.57 Å². The van der Waals surface area contributed by atoms with Crippen molar-refractivity contribution in [1.29, 1.82) is 0 Å². The first kappa shape index (κ1) is 18.9. The molecule has 0 saturated carbocycles. The Bertz CT molecular complexity index is 941. The third-order valence-electron chi connectivity index (χ3n) is 4.46. The molecule has 0 aliphatic rings. The largest absolute Gasteiger partial charge is 0.343 e. The van der Waals surface area contributed by atoms with E-state index in [1.54, 1.807) is 42.5 Å². The van der Waals surface area contributed by atoms with E-state index >= 15 is 0 Å². The molecule has 3 aromatic rings. The number of rotatable bonds is 6. The molecule has 2 aromatic heterocycles. The fourth-order valence-electron chi connectivity index (χ4n) is 2.92. The van der Waals surface area contributed by atoms with Gasteiger partial charge in [-0.1, -0.05) is 13.0 Å². The molecular weight excluding hydrogens is 358 g/mol. The van der Waals surface area contributed by atoms with Crippen LogP contribution in [0.15, 0.2) is 47.8 Å². The summed E-state index contributed by atoms with van der Waals surface area (Å²) in [5.74, 6) is -0.171. The second kappa shape index (κ2) is 8.22. The van der Waals surface area contributed by atoms with Crippen LogP contribution in [-0.2, 0) is 11.3 Å². The molecule has 0 saturated heterocycles. The van der Waals surface area contributed by atoms with E-state index < -0.39 is 0 Å². The third-order valence-corrected chi connectivity index (χ3v) is 5.32. The summed E-state index contributed by atoms with van der Waals surface area (Å²) in [5.41, 5.74) is 4.09. The van der Waals surface area contributed by atoms with Crippen molar-refractivity contribution in [2.45, 2.75) is 33.7 Å². The number of nitrogens with one attached hydrogen (secondary N) is 2. The Morgan fingerprint density at radius 1 is 1.04 bits per heavy atom. The van der Waals surface area contributed by atoms with Crippen molar-refractivity contribution < 1.29 is 9.59 Å². The normalized spacial score (nSPS) is 10.6. The lowest BCUT2D eigenvalue weighted by Gasteiger charge is -2.09. The quantitative estimate of drug-likeness (QED) is 0.643. The van der Waals surface area contributed by atoms with Gasteiger partial charge in [0.15, 0.2) is 0 Å². The molecule has 0 atom stereocenters. The second-order valence-electron chi connectivity index (χ2n) is 6.38. The smallest absolute Gasteiger partial charge is 0.257 e. The maximum absolute atomic E-state index is 12.7. The molecule has 0 aliphatic carbocycles. The molecule has 2 amide bonds. The Kier molecular flexibility index (Phi) is 5.76. The van der Waals surface area contributed by atoms with Crippen molar-refractivity contribution in [2.24, 2.45) is 0 Å². The Morgan fingerprint density at radius 3 is 2.30 bits per heavy atom. The number of anilines is 2. The lowest BCUT2D eigenvalue weighted by Crippen LogP contribution is -2.14. The number of carbonyl (C=O) groups excluding carboxylic acids is 2. The van der Waals surface area contributed by atoms with Crippen molar-refractivity contribution in [3.63, 3.8) is 0 Å². The lowest BCUT2D eigenvalue weighted by molar-refractivity contribution is -0.115. The molecule has 2 N–H and O–H groups in total. The molecule has 140 valence electrons. The molecule has 6 heteroatoms. The highest BCUT2D eigenvalue weighted by atomic mass is 32.1. The highest BCUT2D eigenvalue weighted by molar-refractivity contribution is 7.09. The molecule has 27 heavy (non-hydrogen) atoms. The van der Waals surface area contributed by atoms with Crippen molar-refractivity contribution >= 4 is 34.5 Å². The molecule has 0 aliphatic heterocycles. The molecule has 0 spiro atoms. The summed E-state index contributed by atoms with van der Waals surface area (Å²) in [5, 5.41) is 7.78. The third kappa shape index (κ3) is 4.46.